The van der Waals surface area contributed by atoms with Crippen molar-refractivity contribution < 1.29 is 14.7 Å². The highest BCUT2D eigenvalue weighted by molar-refractivity contribution is 7.80. The molecule has 5 heteroatoms. The molecule has 0 saturated heterocycles. The Morgan fingerprint density at radius 1 is 1.21 bits per heavy atom. The van der Waals surface area contributed by atoms with E-state index in [9.17, 15) is 9.59 Å². The van der Waals surface area contributed by atoms with Crippen LogP contribution in [0.2, 0.25) is 0 Å². The number of Topliss-reactive ketones (excluding diaryl/α,β-unsaturated/α-hetero) is 1. The molecule has 0 bridgehead atoms. The number of hydrogen-bond acceptors (Lipinski definition) is 3. The van der Waals surface area contributed by atoms with Crippen molar-refractivity contribution in [1.82, 2.24) is 4.90 Å². The van der Waals surface area contributed by atoms with Crippen LogP contribution in [0, 0.1) is 5.92 Å². The summed E-state index contributed by atoms with van der Waals surface area (Å²) in [5.74, 6) is -1.65. The molecular formula is C14H17NO3S. The van der Waals surface area contributed by atoms with Gasteiger partial charge in [-0.3, -0.25) is 9.59 Å². The van der Waals surface area contributed by atoms with Crippen molar-refractivity contribution in [2.75, 3.05) is 14.1 Å². The summed E-state index contributed by atoms with van der Waals surface area (Å²) in [7, 11) is 3.71. The Balaban J connectivity index is 2.84. The maximum absolute atomic E-state index is 12.0. The normalized spacial score (nSPS) is 11.7. The van der Waals surface area contributed by atoms with Gasteiger partial charge in [0.05, 0.1) is 6.42 Å². The molecule has 1 aromatic rings. The largest absolute Gasteiger partial charge is 0.481 e. The molecule has 0 aromatic heterocycles. The van der Waals surface area contributed by atoms with Gasteiger partial charge in [0.25, 0.3) is 0 Å². The lowest BCUT2D eigenvalue weighted by atomic mass is 9.96. The topological polar surface area (TPSA) is 57.6 Å². The number of hydrogen-bond donors (Lipinski definition) is 1. The summed E-state index contributed by atoms with van der Waals surface area (Å²) in [4.78, 5) is 25.1. The Kier molecular flexibility index (Phi) is 5.18. The van der Waals surface area contributed by atoms with Crippen LogP contribution in [0.25, 0.3) is 0 Å². The van der Waals surface area contributed by atoms with Gasteiger partial charge in [0.15, 0.2) is 5.78 Å². The minimum atomic E-state index is -0.966. The minimum absolute atomic E-state index is 0.156. The number of carbonyl (C=O) groups is 2. The van der Waals surface area contributed by atoms with Gasteiger partial charge in [-0.05, 0) is 0 Å². The third-order valence-electron chi connectivity index (χ3n) is 2.75. The predicted molar refractivity (Wildman–Crippen MR) is 77.6 cm³/mol. The second-order valence-electron chi connectivity index (χ2n) is 4.64. The molecule has 0 amide bonds. The van der Waals surface area contributed by atoms with Gasteiger partial charge >= 0.3 is 5.97 Å². The molecule has 0 aliphatic rings. The molecule has 0 aliphatic heterocycles. The number of benzene rings is 1. The summed E-state index contributed by atoms with van der Waals surface area (Å²) < 4.78 is 0. The lowest BCUT2D eigenvalue weighted by Crippen LogP contribution is -2.20. The van der Waals surface area contributed by atoms with E-state index in [1.165, 1.54) is 0 Å². The summed E-state index contributed by atoms with van der Waals surface area (Å²) in [5, 5.41) is 8.68. The smallest absolute Gasteiger partial charge is 0.304 e. The first-order valence-corrected chi connectivity index (χ1v) is 6.31. The van der Waals surface area contributed by atoms with Crippen molar-refractivity contribution in [2.24, 2.45) is 5.92 Å². The number of nitrogens with zero attached hydrogens (tertiary/aromatic N) is 1. The van der Waals surface area contributed by atoms with Gasteiger partial charge in [0, 0.05) is 31.1 Å². The average molecular weight is 279 g/mol. The van der Waals surface area contributed by atoms with E-state index in [1.807, 2.05) is 19.0 Å². The highest BCUT2D eigenvalue weighted by Gasteiger charge is 2.18. The van der Waals surface area contributed by atoms with E-state index in [1.54, 1.807) is 31.2 Å². The van der Waals surface area contributed by atoms with Gasteiger partial charge in [-0.1, -0.05) is 43.4 Å². The van der Waals surface area contributed by atoms with Gasteiger partial charge in [0.2, 0.25) is 0 Å². The first kappa shape index (κ1) is 15.3. The zero-order valence-corrected chi connectivity index (χ0v) is 12.0. The maximum Gasteiger partial charge on any atom is 0.304 e. The van der Waals surface area contributed by atoms with Crippen molar-refractivity contribution in [3.05, 3.63) is 35.4 Å². The number of aliphatic carboxylic acids is 1. The van der Waals surface area contributed by atoms with Crippen molar-refractivity contribution in [2.45, 2.75) is 13.3 Å². The van der Waals surface area contributed by atoms with Crippen LogP contribution in [0.15, 0.2) is 24.3 Å². The second-order valence-corrected chi connectivity index (χ2v) is 5.03. The van der Waals surface area contributed by atoms with E-state index in [0.29, 0.717) is 10.6 Å². The molecule has 0 aliphatic carbocycles. The molecule has 1 N–H and O–H groups in total. The van der Waals surface area contributed by atoms with Crippen LogP contribution in [-0.4, -0.2) is 40.8 Å². The van der Waals surface area contributed by atoms with E-state index >= 15 is 0 Å². The number of carboxylic acids is 1. The van der Waals surface area contributed by atoms with Crippen LogP contribution >= 0.6 is 12.2 Å². The summed E-state index contributed by atoms with van der Waals surface area (Å²) in [6.07, 6.45) is -0.156. The van der Waals surface area contributed by atoms with Crippen LogP contribution in [-0.2, 0) is 4.79 Å². The van der Waals surface area contributed by atoms with Crippen molar-refractivity contribution >= 4 is 29.0 Å². The predicted octanol–water partition coefficient (Wildman–Crippen LogP) is 2.22. The van der Waals surface area contributed by atoms with Gasteiger partial charge in [-0.25, -0.2) is 0 Å². The van der Waals surface area contributed by atoms with E-state index < -0.39 is 11.9 Å². The van der Waals surface area contributed by atoms with Crippen molar-refractivity contribution in [1.29, 1.82) is 0 Å². The Hall–Kier alpha value is -1.75. The average Bonchev–Trinajstić information content (AvgIpc) is 2.36. The third-order valence-corrected chi connectivity index (χ3v) is 3.35. The Bertz CT molecular complexity index is 494. The summed E-state index contributed by atoms with van der Waals surface area (Å²) in [6.45, 7) is 1.62. The number of carbonyl (C=O) groups excluding carboxylic acids is 1. The number of carboxylic acid groups (broad SMARTS) is 1. The monoisotopic (exact) mass is 279 g/mol. The van der Waals surface area contributed by atoms with Crippen LogP contribution in [0.3, 0.4) is 0 Å². The van der Waals surface area contributed by atoms with Crippen molar-refractivity contribution in [3.63, 3.8) is 0 Å². The van der Waals surface area contributed by atoms with Crippen LogP contribution < -0.4 is 0 Å². The zero-order chi connectivity index (χ0) is 14.6. The molecule has 0 unspecified atom stereocenters. The Morgan fingerprint density at radius 3 is 2.11 bits per heavy atom. The fourth-order valence-corrected chi connectivity index (χ4v) is 1.81. The number of rotatable bonds is 5. The van der Waals surface area contributed by atoms with Crippen LogP contribution in [0.4, 0.5) is 0 Å². The molecule has 1 aromatic carbocycles. The standard InChI is InChI=1S/C14H17NO3S/c1-9(8-12(16)17)13(18)10-4-6-11(7-5-10)14(19)15(2)3/h4-7,9H,8H2,1-3H3,(H,16,17)/t9-/m0/s1. The molecule has 0 heterocycles. The minimum Gasteiger partial charge on any atom is -0.481 e. The van der Waals surface area contributed by atoms with E-state index in [-0.39, 0.29) is 12.2 Å². The van der Waals surface area contributed by atoms with Crippen LogP contribution in [0.1, 0.15) is 29.3 Å². The molecule has 1 atom stereocenters. The molecule has 102 valence electrons. The summed E-state index contributed by atoms with van der Waals surface area (Å²) >= 11 is 5.23. The molecule has 0 radical (unpaired) electrons. The lowest BCUT2D eigenvalue weighted by Gasteiger charge is -2.14. The molecule has 0 saturated carbocycles. The van der Waals surface area contributed by atoms with Gasteiger partial charge in [-0.15, -0.1) is 0 Å². The Labute approximate surface area is 118 Å². The first-order valence-electron chi connectivity index (χ1n) is 5.90. The third kappa shape index (κ3) is 4.13. The highest BCUT2D eigenvalue weighted by atomic mass is 32.1. The highest BCUT2D eigenvalue weighted by Crippen LogP contribution is 2.14. The van der Waals surface area contributed by atoms with Gasteiger partial charge < -0.3 is 10.0 Å². The molecule has 19 heavy (non-hydrogen) atoms. The van der Waals surface area contributed by atoms with E-state index in [4.69, 9.17) is 17.3 Å². The van der Waals surface area contributed by atoms with Crippen molar-refractivity contribution in [3.8, 4) is 0 Å². The molecule has 4 nitrogen and oxygen atoms in total. The number of thiocarbonyl (C=S) groups is 1. The van der Waals surface area contributed by atoms with E-state index in [0.717, 1.165) is 5.56 Å². The summed E-state index contributed by atoms with van der Waals surface area (Å²) in [5.41, 5.74) is 1.38. The van der Waals surface area contributed by atoms with Gasteiger partial charge in [-0.2, -0.15) is 0 Å². The first-order chi connectivity index (χ1) is 8.82. The maximum atomic E-state index is 12.0. The van der Waals surface area contributed by atoms with E-state index in [2.05, 4.69) is 0 Å². The molecular weight excluding hydrogens is 262 g/mol. The molecule has 0 spiro atoms. The second kappa shape index (κ2) is 6.43. The molecule has 0 fully saturated rings. The fraction of sp³-hybridized carbons (Fsp3) is 0.357. The SMILES string of the molecule is C[C@@H](CC(=O)O)C(=O)c1ccc(C(=S)N(C)C)cc1. The zero-order valence-electron chi connectivity index (χ0n) is 11.2. The summed E-state index contributed by atoms with van der Waals surface area (Å²) in [6, 6.07) is 6.93. The van der Waals surface area contributed by atoms with Gasteiger partial charge in [0.1, 0.15) is 4.99 Å². The lowest BCUT2D eigenvalue weighted by molar-refractivity contribution is -0.137. The molecule has 1 rings (SSSR count). The number of ketones is 1. The Morgan fingerprint density at radius 2 is 1.68 bits per heavy atom. The van der Waals surface area contributed by atoms with Crippen LogP contribution in [0.5, 0.6) is 0 Å². The quantitative estimate of drug-likeness (QED) is 0.661. The fourth-order valence-electron chi connectivity index (χ4n) is 1.67.